The highest BCUT2D eigenvalue weighted by atomic mass is 35.5. The predicted octanol–water partition coefficient (Wildman–Crippen LogP) is 5.93. The van der Waals surface area contributed by atoms with Crippen molar-refractivity contribution in [1.29, 1.82) is 0 Å². The molecule has 0 aliphatic carbocycles. The van der Waals surface area contributed by atoms with Gasteiger partial charge in [0.25, 0.3) is 0 Å². The van der Waals surface area contributed by atoms with E-state index in [-0.39, 0.29) is 24.7 Å². The van der Waals surface area contributed by atoms with Gasteiger partial charge in [0.2, 0.25) is 11.8 Å². The first-order valence-corrected chi connectivity index (χ1v) is 12.0. The van der Waals surface area contributed by atoms with Crippen molar-refractivity contribution in [3.05, 3.63) is 82.9 Å². The average Bonchev–Trinajstić information content (AvgIpc) is 2.84. The molecule has 0 aliphatic rings. The fraction of sp³-hybridized carbons (Fsp3) is 0.192. The molecule has 0 saturated heterocycles. The number of halogens is 1. The van der Waals surface area contributed by atoms with Crippen molar-refractivity contribution in [3.63, 3.8) is 0 Å². The molecule has 3 N–H and O–H groups in total. The van der Waals surface area contributed by atoms with Gasteiger partial charge in [0, 0.05) is 28.1 Å². The first-order valence-electron chi connectivity index (χ1n) is 10.7. The van der Waals surface area contributed by atoms with Crippen LogP contribution in [-0.2, 0) is 14.4 Å². The van der Waals surface area contributed by atoms with Crippen molar-refractivity contribution in [2.75, 3.05) is 17.7 Å². The van der Waals surface area contributed by atoms with Gasteiger partial charge in [0.1, 0.15) is 11.0 Å². The summed E-state index contributed by atoms with van der Waals surface area (Å²) >= 11 is 7.56. The van der Waals surface area contributed by atoms with Crippen molar-refractivity contribution in [1.82, 2.24) is 0 Å². The number of carboxylic acid groups (broad SMARTS) is 1. The molecule has 3 aromatic carbocycles. The molecule has 0 heterocycles. The van der Waals surface area contributed by atoms with Gasteiger partial charge >= 0.3 is 5.97 Å². The lowest BCUT2D eigenvalue weighted by Crippen LogP contribution is -2.19. The molecule has 0 radical (unpaired) electrons. The largest absolute Gasteiger partial charge is 0.495 e. The van der Waals surface area contributed by atoms with E-state index >= 15 is 0 Å². The van der Waals surface area contributed by atoms with Gasteiger partial charge in [-0.2, -0.15) is 0 Å². The lowest BCUT2D eigenvalue weighted by atomic mass is 10.1. The Bertz CT molecular complexity index is 1200. The molecule has 7 nitrogen and oxygen atoms in total. The lowest BCUT2D eigenvalue weighted by Gasteiger charge is -2.19. The predicted molar refractivity (Wildman–Crippen MR) is 138 cm³/mol. The molecule has 2 amide bonds. The Morgan fingerprint density at radius 1 is 1.00 bits per heavy atom. The number of aryl methyl sites for hydroxylation is 1. The lowest BCUT2D eigenvalue weighted by molar-refractivity contribution is -0.138. The van der Waals surface area contributed by atoms with Crippen LogP contribution in [0.2, 0.25) is 5.02 Å². The Labute approximate surface area is 212 Å². The molecule has 0 aliphatic heterocycles. The number of thioether (sulfide) groups is 1. The molecule has 35 heavy (non-hydrogen) atoms. The van der Waals surface area contributed by atoms with E-state index in [1.54, 1.807) is 36.4 Å². The summed E-state index contributed by atoms with van der Waals surface area (Å²) in [6.45, 7) is 1.85. The Hall–Kier alpha value is -3.49. The number of amides is 2. The minimum absolute atomic E-state index is 0.101. The minimum Gasteiger partial charge on any atom is -0.495 e. The molecular formula is C26H25ClN2O5S. The van der Waals surface area contributed by atoms with Crippen molar-refractivity contribution >= 4 is 52.5 Å². The maximum atomic E-state index is 13.4. The van der Waals surface area contributed by atoms with Crippen molar-refractivity contribution in [3.8, 4) is 5.75 Å². The standard InChI is InChI=1S/C26H25ClN2O5S/c1-16-14-21(22(34-2)15-20(16)27)29-26(33)25(17-6-4-3-5-7-17)35-19-10-8-18(9-11-19)28-23(30)12-13-24(31)32/h3-11,14-15,25H,12-13H2,1-2H3,(H,28,30)(H,29,33)(H,31,32). The zero-order valence-corrected chi connectivity index (χ0v) is 20.8. The summed E-state index contributed by atoms with van der Waals surface area (Å²) in [5.41, 5.74) is 2.71. The van der Waals surface area contributed by atoms with Gasteiger partial charge in [-0.05, 0) is 48.4 Å². The highest BCUT2D eigenvalue weighted by Crippen LogP contribution is 2.38. The van der Waals surface area contributed by atoms with Gasteiger partial charge in [-0.15, -0.1) is 11.8 Å². The molecule has 1 atom stereocenters. The quantitative estimate of drug-likeness (QED) is 0.291. The maximum absolute atomic E-state index is 13.4. The SMILES string of the molecule is COc1cc(Cl)c(C)cc1NC(=O)C(Sc1ccc(NC(=O)CCC(=O)O)cc1)c1ccccc1. The smallest absolute Gasteiger partial charge is 0.303 e. The zero-order valence-electron chi connectivity index (χ0n) is 19.2. The topological polar surface area (TPSA) is 105 Å². The summed E-state index contributed by atoms with van der Waals surface area (Å²) in [5.74, 6) is -1.16. The second kappa shape index (κ2) is 12.3. The third-order valence-electron chi connectivity index (χ3n) is 5.04. The Kier molecular flexibility index (Phi) is 9.17. The first-order chi connectivity index (χ1) is 16.8. The van der Waals surface area contributed by atoms with Crippen LogP contribution in [0.4, 0.5) is 11.4 Å². The number of aliphatic carboxylic acids is 1. The maximum Gasteiger partial charge on any atom is 0.303 e. The molecule has 0 saturated carbocycles. The first kappa shape index (κ1) is 26.1. The number of benzene rings is 3. The van der Waals surface area contributed by atoms with Crippen LogP contribution < -0.4 is 15.4 Å². The van der Waals surface area contributed by atoms with Crippen LogP contribution in [0.3, 0.4) is 0 Å². The summed E-state index contributed by atoms with van der Waals surface area (Å²) in [5, 5.41) is 14.3. The van der Waals surface area contributed by atoms with Gasteiger partial charge in [0.15, 0.2) is 0 Å². The van der Waals surface area contributed by atoms with E-state index < -0.39 is 11.2 Å². The number of ether oxygens (including phenoxy) is 1. The van der Waals surface area contributed by atoms with Crippen LogP contribution in [0.5, 0.6) is 5.75 Å². The fourth-order valence-electron chi connectivity index (χ4n) is 3.23. The second-order valence-electron chi connectivity index (χ2n) is 7.67. The van der Waals surface area contributed by atoms with Gasteiger partial charge < -0.3 is 20.5 Å². The Morgan fingerprint density at radius 2 is 1.69 bits per heavy atom. The molecule has 3 aromatic rings. The van der Waals surface area contributed by atoms with Crippen LogP contribution in [0, 0.1) is 6.92 Å². The summed E-state index contributed by atoms with van der Waals surface area (Å²) in [4.78, 5) is 36.7. The third-order valence-corrected chi connectivity index (χ3v) is 6.71. The summed E-state index contributed by atoms with van der Waals surface area (Å²) in [6, 6.07) is 19.9. The van der Waals surface area contributed by atoms with Crippen molar-refractivity contribution in [2.24, 2.45) is 0 Å². The van der Waals surface area contributed by atoms with Crippen molar-refractivity contribution < 1.29 is 24.2 Å². The molecule has 0 aromatic heterocycles. The van der Waals surface area contributed by atoms with E-state index in [2.05, 4.69) is 10.6 Å². The fourth-order valence-corrected chi connectivity index (χ4v) is 4.40. The number of hydrogen-bond acceptors (Lipinski definition) is 5. The molecule has 1 unspecified atom stereocenters. The van der Waals surface area contributed by atoms with Gasteiger partial charge in [-0.3, -0.25) is 14.4 Å². The van der Waals surface area contributed by atoms with Crippen LogP contribution in [0.15, 0.2) is 71.6 Å². The number of hydrogen-bond donors (Lipinski definition) is 3. The van der Waals surface area contributed by atoms with Crippen LogP contribution in [0.25, 0.3) is 0 Å². The minimum atomic E-state index is -1.02. The van der Waals surface area contributed by atoms with Crippen LogP contribution in [0.1, 0.15) is 29.2 Å². The highest BCUT2D eigenvalue weighted by molar-refractivity contribution is 8.00. The molecule has 0 fully saturated rings. The molecule has 0 spiro atoms. The second-order valence-corrected chi connectivity index (χ2v) is 9.25. The normalized spacial score (nSPS) is 11.4. The monoisotopic (exact) mass is 512 g/mol. The summed E-state index contributed by atoms with van der Waals surface area (Å²) < 4.78 is 5.39. The molecular weight excluding hydrogens is 488 g/mol. The van der Waals surface area contributed by atoms with E-state index in [1.807, 2.05) is 37.3 Å². The average molecular weight is 513 g/mol. The number of carbonyl (C=O) groups excluding carboxylic acids is 2. The van der Waals surface area contributed by atoms with Gasteiger partial charge in [-0.1, -0.05) is 41.9 Å². The number of methoxy groups -OCH3 is 1. The van der Waals surface area contributed by atoms with Gasteiger partial charge in [0.05, 0.1) is 19.2 Å². The summed E-state index contributed by atoms with van der Waals surface area (Å²) in [6.07, 6.45) is -0.332. The van der Waals surface area contributed by atoms with Gasteiger partial charge in [-0.25, -0.2) is 0 Å². The Morgan fingerprint density at radius 3 is 2.31 bits per heavy atom. The third kappa shape index (κ3) is 7.50. The van der Waals surface area contributed by atoms with E-state index in [1.165, 1.54) is 18.9 Å². The number of carboxylic acids is 1. The van der Waals surface area contributed by atoms with Crippen molar-refractivity contribution in [2.45, 2.75) is 29.9 Å². The molecule has 182 valence electrons. The van der Waals surface area contributed by atoms with Crippen LogP contribution in [-0.4, -0.2) is 30.0 Å². The number of rotatable bonds is 10. The number of carbonyl (C=O) groups is 3. The molecule has 0 bridgehead atoms. The zero-order chi connectivity index (χ0) is 25.4. The highest BCUT2D eigenvalue weighted by Gasteiger charge is 2.23. The number of anilines is 2. The molecule has 9 heteroatoms. The van der Waals surface area contributed by atoms with E-state index in [0.29, 0.717) is 22.1 Å². The molecule has 3 rings (SSSR count). The Balaban J connectivity index is 1.78. The van der Waals surface area contributed by atoms with Crippen LogP contribution >= 0.6 is 23.4 Å². The number of nitrogens with one attached hydrogen (secondary N) is 2. The van der Waals surface area contributed by atoms with E-state index in [9.17, 15) is 14.4 Å². The summed E-state index contributed by atoms with van der Waals surface area (Å²) in [7, 11) is 1.52. The van der Waals surface area contributed by atoms with E-state index in [0.717, 1.165) is 16.0 Å². The van der Waals surface area contributed by atoms with E-state index in [4.69, 9.17) is 21.4 Å².